The normalized spacial score (nSPS) is 12.7. The molecule has 0 saturated carbocycles. The summed E-state index contributed by atoms with van der Waals surface area (Å²) in [6.07, 6.45) is 7.33. The number of anilines is 2. The monoisotopic (exact) mass is 325 g/mol. The first kappa shape index (κ1) is 16.1. The number of hydrogen-bond acceptors (Lipinski definition) is 3. The number of fused-ring (bicyclic) bond motifs is 2. The molecule has 23 heavy (non-hydrogen) atoms. The molecule has 3 heteroatoms. The summed E-state index contributed by atoms with van der Waals surface area (Å²) in [4.78, 5) is 15.9. The van der Waals surface area contributed by atoms with Gasteiger partial charge in [0.25, 0.3) is 0 Å². The van der Waals surface area contributed by atoms with Gasteiger partial charge in [0.05, 0.1) is 11.4 Å². The van der Waals surface area contributed by atoms with Crippen LogP contribution in [-0.4, -0.2) is 12.8 Å². The van der Waals surface area contributed by atoms with Gasteiger partial charge in [-0.2, -0.15) is 0 Å². The van der Waals surface area contributed by atoms with Crippen molar-refractivity contribution in [1.82, 2.24) is 0 Å². The van der Waals surface area contributed by atoms with Crippen LogP contribution >= 0.6 is 11.8 Å². The zero-order valence-corrected chi connectivity index (χ0v) is 14.4. The summed E-state index contributed by atoms with van der Waals surface area (Å²) in [5.41, 5.74) is 3.27. The number of carbonyl (C=O) groups is 1. The first-order chi connectivity index (χ1) is 11.3. The van der Waals surface area contributed by atoms with Crippen LogP contribution in [0.2, 0.25) is 0 Å². The third-order valence-corrected chi connectivity index (χ3v) is 5.38. The molecule has 2 aromatic carbocycles. The smallest absolute Gasteiger partial charge is 0.150 e. The minimum Gasteiger partial charge on any atom is -0.340 e. The molecule has 0 aromatic heterocycles. The van der Waals surface area contributed by atoms with Gasteiger partial charge in [0.15, 0.2) is 0 Å². The lowest BCUT2D eigenvalue weighted by Crippen LogP contribution is -2.22. The van der Waals surface area contributed by atoms with E-state index in [0.717, 1.165) is 18.4 Å². The zero-order chi connectivity index (χ0) is 16.1. The third-order valence-electron chi connectivity index (χ3n) is 4.27. The Bertz CT molecular complexity index is 683. The van der Waals surface area contributed by atoms with Crippen LogP contribution in [0.25, 0.3) is 0 Å². The van der Waals surface area contributed by atoms with Crippen molar-refractivity contribution in [3.63, 3.8) is 0 Å². The van der Waals surface area contributed by atoms with E-state index in [9.17, 15) is 4.79 Å². The Kier molecular flexibility index (Phi) is 5.39. The first-order valence-electron chi connectivity index (χ1n) is 8.47. The molecule has 3 rings (SSSR count). The lowest BCUT2D eigenvalue weighted by Gasteiger charge is -2.33. The average Bonchev–Trinajstić information content (AvgIpc) is 2.60. The average molecular weight is 325 g/mol. The number of hydrogen-bond donors (Lipinski definition) is 0. The summed E-state index contributed by atoms with van der Waals surface area (Å²) in [6.45, 7) is 3.29. The molecule has 0 spiro atoms. The second-order valence-corrected chi connectivity index (χ2v) is 7.06. The van der Waals surface area contributed by atoms with E-state index < -0.39 is 0 Å². The second-order valence-electron chi connectivity index (χ2n) is 5.98. The summed E-state index contributed by atoms with van der Waals surface area (Å²) in [5.74, 6) is 0. The Morgan fingerprint density at radius 1 is 0.957 bits per heavy atom. The Labute approximate surface area is 142 Å². The lowest BCUT2D eigenvalue weighted by atomic mass is 10.1. The first-order valence-corrected chi connectivity index (χ1v) is 9.29. The molecule has 0 saturated heterocycles. The lowest BCUT2D eigenvalue weighted by molar-refractivity contribution is 0.112. The van der Waals surface area contributed by atoms with Crippen LogP contribution in [0.1, 0.15) is 49.4 Å². The van der Waals surface area contributed by atoms with Crippen molar-refractivity contribution >= 4 is 29.4 Å². The molecule has 0 unspecified atom stereocenters. The van der Waals surface area contributed by atoms with Crippen molar-refractivity contribution < 1.29 is 4.79 Å². The van der Waals surface area contributed by atoms with Crippen molar-refractivity contribution in [2.45, 2.75) is 48.8 Å². The quantitative estimate of drug-likeness (QED) is 0.455. The van der Waals surface area contributed by atoms with E-state index in [1.165, 1.54) is 53.3 Å². The van der Waals surface area contributed by atoms with Gasteiger partial charge in [-0.3, -0.25) is 4.79 Å². The number of aldehydes is 1. The van der Waals surface area contributed by atoms with Crippen LogP contribution < -0.4 is 4.90 Å². The van der Waals surface area contributed by atoms with Crippen molar-refractivity contribution in [2.75, 3.05) is 11.4 Å². The molecule has 0 radical (unpaired) electrons. The van der Waals surface area contributed by atoms with Crippen LogP contribution in [0.5, 0.6) is 0 Å². The van der Waals surface area contributed by atoms with E-state index >= 15 is 0 Å². The molecule has 0 bridgehead atoms. The predicted octanol–water partition coefficient (Wildman–Crippen LogP) is 6.07. The summed E-state index contributed by atoms with van der Waals surface area (Å²) >= 11 is 1.76. The van der Waals surface area contributed by atoms with Crippen LogP contribution in [0, 0.1) is 0 Å². The molecule has 0 amide bonds. The van der Waals surface area contributed by atoms with E-state index in [1.807, 2.05) is 12.1 Å². The number of carbonyl (C=O) groups excluding carboxylic acids is 1. The van der Waals surface area contributed by atoms with Crippen LogP contribution in [0.3, 0.4) is 0 Å². The van der Waals surface area contributed by atoms with E-state index in [-0.39, 0.29) is 0 Å². The summed E-state index contributed by atoms with van der Waals surface area (Å²) in [6, 6.07) is 14.6. The summed E-state index contributed by atoms with van der Waals surface area (Å²) in [5, 5.41) is 0. The SMILES string of the molecule is CCCCCCCN1c2ccccc2Sc2cc(C=O)ccc21. The maximum Gasteiger partial charge on any atom is 0.150 e. The summed E-state index contributed by atoms with van der Waals surface area (Å²) in [7, 11) is 0. The van der Waals surface area contributed by atoms with Gasteiger partial charge in [0.1, 0.15) is 6.29 Å². The molecule has 1 aliphatic heterocycles. The third kappa shape index (κ3) is 3.61. The molecule has 2 aromatic rings. The molecular weight excluding hydrogens is 302 g/mol. The van der Waals surface area contributed by atoms with Crippen molar-refractivity contribution in [3.8, 4) is 0 Å². The van der Waals surface area contributed by atoms with Gasteiger partial charge >= 0.3 is 0 Å². The Balaban J connectivity index is 1.84. The van der Waals surface area contributed by atoms with Gasteiger partial charge in [-0.15, -0.1) is 0 Å². The molecule has 120 valence electrons. The molecule has 0 aliphatic carbocycles. The highest BCUT2D eigenvalue weighted by molar-refractivity contribution is 7.99. The molecule has 0 fully saturated rings. The number of nitrogens with zero attached hydrogens (tertiary/aromatic N) is 1. The fourth-order valence-electron chi connectivity index (χ4n) is 3.04. The fraction of sp³-hybridized carbons (Fsp3) is 0.350. The number of benzene rings is 2. The largest absolute Gasteiger partial charge is 0.340 e. The highest BCUT2D eigenvalue weighted by atomic mass is 32.2. The highest BCUT2D eigenvalue weighted by Crippen LogP contribution is 2.48. The molecule has 1 aliphatic rings. The maximum atomic E-state index is 11.1. The van der Waals surface area contributed by atoms with Crippen molar-refractivity contribution in [3.05, 3.63) is 48.0 Å². The number of rotatable bonds is 7. The van der Waals surface area contributed by atoms with Crippen molar-refractivity contribution in [2.24, 2.45) is 0 Å². The minimum atomic E-state index is 0.749. The second kappa shape index (κ2) is 7.69. The topological polar surface area (TPSA) is 20.3 Å². The Hall–Kier alpha value is -1.74. The minimum absolute atomic E-state index is 0.749. The zero-order valence-electron chi connectivity index (χ0n) is 13.6. The molecular formula is C20H23NOS. The van der Waals surface area contributed by atoms with E-state index in [0.29, 0.717) is 0 Å². The highest BCUT2D eigenvalue weighted by Gasteiger charge is 2.22. The Morgan fingerprint density at radius 2 is 1.74 bits per heavy atom. The fourth-order valence-corrected chi connectivity index (χ4v) is 4.18. The van der Waals surface area contributed by atoms with Gasteiger partial charge in [0.2, 0.25) is 0 Å². The van der Waals surface area contributed by atoms with E-state index in [4.69, 9.17) is 0 Å². The molecule has 0 N–H and O–H groups in total. The van der Waals surface area contributed by atoms with Crippen LogP contribution in [0.4, 0.5) is 11.4 Å². The van der Waals surface area contributed by atoms with Crippen LogP contribution in [-0.2, 0) is 0 Å². The molecule has 0 atom stereocenters. The van der Waals surface area contributed by atoms with Gasteiger partial charge < -0.3 is 4.90 Å². The van der Waals surface area contributed by atoms with Gasteiger partial charge in [-0.05, 0) is 36.8 Å². The van der Waals surface area contributed by atoms with Gasteiger partial charge in [-0.25, -0.2) is 0 Å². The van der Waals surface area contributed by atoms with Gasteiger partial charge in [0, 0.05) is 21.9 Å². The number of para-hydroxylation sites is 1. The standard InChI is InChI=1S/C20H23NOS/c1-2-3-4-5-8-13-21-17-9-6-7-10-19(17)23-20-14-16(15-22)11-12-18(20)21/h6-7,9-12,14-15H,2-5,8,13H2,1H3. The van der Waals surface area contributed by atoms with E-state index in [2.05, 4.69) is 42.2 Å². The van der Waals surface area contributed by atoms with E-state index in [1.54, 1.807) is 11.8 Å². The number of unbranched alkanes of at least 4 members (excludes halogenated alkanes) is 4. The maximum absolute atomic E-state index is 11.1. The van der Waals surface area contributed by atoms with Crippen molar-refractivity contribution in [1.29, 1.82) is 0 Å². The molecule has 1 heterocycles. The Morgan fingerprint density at radius 3 is 2.57 bits per heavy atom. The van der Waals surface area contributed by atoms with Crippen LogP contribution in [0.15, 0.2) is 52.3 Å². The van der Waals surface area contributed by atoms with Gasteiger partial charge in [-0.1, -0.05) is 56.5 Å². The molecule has 2 nitrogen and oxygen atoms in total. The summed E-state index contributed by atoms with van der Waals surface area (Å²) < 4.78 is 0. The predicted molar refractivity (Wildman–Crippen MR) is 98.2 cm³/mol.